The Morgan fingerprint density at radius 1 is 1.00 bits per heavy atom. The van der Waals surface area contributed by atoms with Crippen LogP contribution in [-0.2, 0) is 0 Å². The molecule has 0 saturated heterocycles. The molecule has 0 amide bonds. The molecule has 0 radical (unpaired) electrons. The van der Waals surface area contributed by atoms with E-state index in [0.29, 0.717) is 0 Å². The standard InChI is InChI=1S/C12H20O/c13-12(9-6-10-12)11-7-4-2-1-3-5-8-11/h7,13H,1-6,8-10H2. The van der Waals surface area contributed by atoms with Gasteiger partial charge in [0, 0.05) is 0 Å². The first-order chi connectivity index (χ1) is 6.31. The van der Waals surface area contributed by atoms with Crippen LogP contribution >= 0.6 is 0 Å². The van der Waals surface area contributed by atoms with Gasteiger partial charge in [-0.05, 0) is 50.5 Å². The molecular weight excluding hydrogens is 160 g/mol. The van der Waals surface area contributed by atoms with Gasteiger partial charge >= 0.3 is 0 Å². The molecule has 74 valence electrons. The highest BCUT2D eigenvalue weighted by molar-refractivity contribution is 5.20. The Morgan fingerprint density at radius 3 is 2.46 bits per heavy atom. The van der Waals surface area contributed by atoms with Crippen molar-refractivity contribution < 1.29 is 5.11 Å². The molecule has 1 nitrogen and oxygen atoms in total. The summed E-state index contributed by atoms with van der Waals surface area (Å²) in [7, 11) is 0. The minimum absolute atomic E-state index is 0.364. The molecule has 1 saturated carbocycles. The van der Waals surface area contributed by atoms with E-state index in [0.717, 1.165) is 19.3 Å². The van der Waals surface area contributed by atoms with E-state index in [1.165, 1.54) is 44.1 Å². The van der Waals surface area contributed by atoms with Crippen molar-refractivity contribution >= 4 is 0 Å². The molecule has 0 aliphatic heterocycles. The average molecular weight is 180 g/mol. The van der Waals surface area contributed by atoms with E-state index in [1.807, 2.05) is 0 Å². The quantitative estimate of drug-likeness (QED) is 0.614. The summed E-state index contributed by atoms with van der Waals surface area (Å²) in [6, 6.07) is 0. The van der Waals surface area contributed by atoms with Crippen LogP contribution < -0.4 is 0 Å². The van der Waals surface area contributed by atoms with Crippen LogP contribution in [0.1, 0.15) is 57.8 Å². The minimum atomic E-state index is -0.364. The highest BCUT2D eigenvalue weighted by atomic mass is 16.3. The molecule has 0 unspecified atom stereocenters. The molecule has 1 N–H and O–H groups in total. The molecule has 0 atom stereocenters. The lowest BCUT2D eigenvalue weighted by atomic mass is 9.72. The molecule has 13 heavy (non-hydrogen) atoms. The van der Waals surface area contributed by atoms with Crippen molar-refractivity contribution in [1.29, 1.82) is 0 Å². The summed E-state index contributed by atoms with van der Waals surface area (Å²) in [5, 5.41) is 10.2. The van der Waals surface area contributed by atoms with Crippen molar-refractivity contribution in [3.05, 3.63) is 11.6 Å². The SMILES string of the molecule is OC1(C2=CCCCCCC2)CCC1. The third-order valence-electron chi connectivity index (χ3n) is 3.57. The first-order valence-electron chi connectivity index (χ1n) is 5.73. The van der Waals surface area contributed by atoms with Gasteiger partial charge in [-0.15, -0.1) is 0 Å². The van der Waals surface area contributed by atoms with Crippen LogP contribution in [0.5, 0.6) is 0 Å². The van der Waals surface area contributed by atoms with E-state index in [4.69, 9.17) is 0 Å². The molecule has 2 aliphatic rings. The third kappa shape index (κ3) is 1.96. The highest BCUT2D eigenvalue weighted by Gasteiger charge is 2.37. The third-order valence-corrected chi connectivity index (χ3v) is 3.57. The van der Waals surface area contributed by atoms with Gasteiger partial charge in [0.15, 0.2) is 0 Å². The maximum atomic E-state index is 10.2. The van der Waals surface area contributed by atoms with Gasteiger partial charge in [0.2, 0.25) is 0 Å². The van der Waals surface area contributed by atoms with Gasteiger partial charge in [0.05, 0.1) is 5.60 Å². The number of hydrogen-bond donors (Lipinski definition) is 1. The zero-order valence-electron chi connectivity index (χ0n) is 8.39. The van der Waals surface area contributed by atoms with E-state index in [-0.39, 0.29) is 5.60 Å². The van der Waals surface area contributed by atoms with Crippen LogP contribution in [0.2, 0.25) is 0 Å². The van der Waals surface area contributed by atoms with Crippen molar-refractivity contribution in [2.75, 3.05) is 0 Å². The number of rotatable bonds is 1. The Bertz CT molecular complexity index is 201. The van der Waals surface area contributed by atoms with Gasteiger partial charge in [0.25, 0.3) is 0 Å². The fourth-order valence-corrected chi connectivity index (χ4v) is 2.45. The molecular formula is C12H20O. The molecule has 2 aliphatic carbocycles. The summed E-state index contributed by atoms with van der Waals surface area (Å²) < 4.78 is 0. The highest BCUT2D eigenvalue weighted by Crippen LogP contribution is 2.40. The molecule has 2 rings (SSSR count). The van der Waals surface area contributed by atoms with Gasteiger partial charge in [-0.2, -0.15) is 0 Å². The molecule has 0 aromatic carbocycles. The lowest BCUT2D eigenvalue weighted by Gasteiger charge is -2.39. The first kappa shape index (κ1) is 9.26. The molecule has 1 fully saturated rings. The van der Waals surface area contributed by atoms with E-state index < -0.39 is 0 Å². The second-order valence-electron chi connectivity index (χ2n) is 4.57. The van der Waals surface area contributed by atoms with Crippen LogP contribution in [0.15, 0.2) is 11.6 Å². The van der Waals surface area contributed by atoms with Crippen molar-refractivity contribution in [3.8, 4) is 0 Å². The Kier molecular flexibility index (Phi) is 2.73. The van der Waals surface area contributed by atoms with Crippen molar-refractivity contribution in [2.24, 2.45) is 0 Å². The Balaban J connectivity index is 2.01. The van der Waals surface area contributed by atoms with Crippen LogP contribution in [0.25, 0.3) is 0 Å². The van der Waals surface area contributed by atoms with Crippen LogP contribution in [0, 0.1) is 0 Å². The molecule has 0 aromatic rings. The lowest BCUT2D eigenvalue weighted by molar-refractivity contribution is -0.00111. The minimum Gasteiger partial charge on any atom is -0.386 e. The number of allylic oxidation sites excluding steroid dienone is 1. The van der Waals surface area contributed by atoms with E-state index in [2.05, 4.69) is 6.08 Å². The maximum absolute atomic E-state index is 10.2. The molecule has 0 spiro atoms. The average Bonchev–Trinajstić information content (AvgIpc) is 1.99. The summed E-state index contributed by atoms with van der Waals surface area (Å²) >= 11 is 0. The van der Waals surface area contributed by atoms with Gasteiger partial charge in [0.1, 0.15) is 0 Å². The molecule has 0 heterocycles. The first-order valence-corrected chi connectivity index (χ1v) is 5.73. The van der Waals surface area contributed by atoms with Gasteiger partial charge in [-0.1, -0.05) is 18.9 Å². The monoisotopic (exact) mass is 180 g/mol. The Hall–Kier alpha value is -0.300. The van der Waals surface area contributed by atoms with Gasteiger partial charge in [-0.25, -0.2) is 0 Å². The maximum Gasteiger partial charge on any atom is 0.0856 e. The topological polar surface area (TPSA) is 20.2 Å². The Morgan fingerprint density at radius 2 is 1.77 bits per heavy atom. The predicted octanol–water partition coefficient (Wildman–Crippen LogP) is 3.18. The van der Waals surface area contributed by atoms with Crippen molar-refractivity contribution in [1.82, 2.24) is 0 Å². The zero-order valence-corrected chi connectivity index (χ0v) is 8.39. The lowest BCUT2D eigenvalue weighted by Crippen LogP contribution is -2.39. The van der Waals surface area contributed by atoms with Crippen LogP contribution in [0.3, 0.4) is 0 Å². The summed E-state index contributed by atoms with van der Waals surface area (Å²) in [6.45, 7) is 0. The summed E-state index contributed by atoms with van der Waals surface area (Å²) in [5.74, 6) is 0. The van der Waals surface area contributed by atoms with Crippen LogP contribution in [-0.4, -0.2) is 10.7 Å². The fourth-order valence-electron chi connectivity index (χ4n) is 2.45. The van der Waals surface area contributed by atoms with Crippen molar-refractivity contribution in [3.63, 3.8) is 0 Å². The summed E-state index contributed by atoms with van der Waals surface area (Å²) in [4.78, 5) is 0. The summed E-state index contributed by atoms with van der Waals surface area (Å²) in [6.07, 6.45) is 13.2. The van der Waals surface area contributed by atoms with E-state index in [9.17, 15) is 5.11 Å². The number of hydrogen-bond acceptors (Lipinski definition) is 1. The van der Waals surface area contributed by atoms with Gasteiger partial charge < -0.3 is 5.11 Å². The number of aliphatic hydroxyl groups is 1. The van der Waals surface area contributed by atoms with E-state index >= 15 is 0 Å². The Labute approximate surface area is 80.8 Å². The molecule has 0 aromatic heterocycles. The molecule has 1 heteroatoms. The normalized spacial score (nSPS) is 28.2. The predicted molar refractivity (Wildman–Crippen MR) is 54.6 cm³/mol. The zero-order chi connectivity index (χ0) is 9.15. The van der Waals surface area contributed by atoms with Crippen LogP contribution in [0.4, 0.5) is 0 Å². The van der Waals surface area contributed by atoms with E-state index in [1.54, 1.807) is 0 Å². The largest absolute Gasteiger partial charge is 0.386 e. The smallest absolute Gasteiger partial charge is 0.0856 e. The molecule has 0 bridgehead atoms. The van der Waals surface area contributed by atoms with Crippen molar-refractivity contribution in [2.45, 2.75) is 63.4 Å². The fraction of sp³-hybridized carbons (Fsp3) is 0.833. The van der Waals surface area contributed by atoms with Gasteiger partial charge in [-0.3, -0.25) is 0 Å². The second-order valence-corrected chi connectivity index (χ2v) is 4.57. The summed E-state index contributed by atoms with van der Waals surface area (Å²) in [5.41, 5.74) is 0.996. The second kappa shape index (κ2) is 3.83.